The van der Waals surface area contributed by atoms with E-state index in [1.807, 2.05) is 0 Å². The van der Waals surface area contributed by atoms with Crippen molar-refractivity contribution in [3.8, 4) is 0 Å². The number of rotatable bonds is 8. The lowest BCUT2D eigenvalue weighted by Gasteiger charge is -2.54. The Balaban J connectivity index is 1.42. The highest BCUT2D eigenvalue weighted by Crippen LogP contribution is 2.54. The molecule has 0 aromatic rings. The molecular formula is C20H28F2O5. The smallest absolute Gasteiger partial charge is 0.336 e. The standard InChI is InChI=1S/C20H28F2O5/c1-11(4-17(23)25-10-20(3,21)22)19(24)27-12(2)26-18-15-6-13-5-14(8-15)9-16(18)7-13/h12-16,18H,1,4-10H2,2-3H3. The van der Waals surface area contributed by atoms with E-state index >= 15 is 0 Å². The largest absolute Gasteiger partial charge is 0.459 e. The number of carbonyl (C=O) groups is 2. The first-order valence-corrected chi connectivity index (χ1v) is 9.68. The fourth-order valence-corrected chi connectivity index (χ4v) is 5.09. The first kappa shape index (κ1) is 20.2. The van der Waals surface area contributed by atoms with Gasteiger partial charge in [-0.1, -0.05) is 6.58 Å². The molecule has 0 saturated heterocycles. The van der Waals surface area contributed by atoms with Gasteiger partial charge < -0.3 is 14.2 Å². The molecule has 4 rings (SSSR count). The van der Waals surface area contributed by atoms with E-state index in [1.165, 1.54) is 32.1 Å². The summed E-state index contributed by atoms with van der Waals surface area (Å²) in [6.07, 6.45) is 5.01. The van der Waals surface area contributed by atoms with Crippen LogP contribution in [0, 0.1) is 23.7 Å². The third kappa shape index (κ3) is 5.27. The normalized spacial score (nSPS) is 32.8. The van der Waals surface area contributed by atoms with E-state index in [9.17, 15) is 18.4 Å². The molecule has 7 heteroatoms. The molecule has 0 radical (unpaired) electrons. The summed E-state index contributed by atoms with van der Waals surface area (Å²) >= 11 is 0. The van der Waals surface area contributed by atoms with Gasteiger partial charge in [0, 0.05) is 12.5 Å². The van der Waals surface area contributed by atoms with Crippen molar-refractivity contribution < 1.29 is 32.6 Å². The number of halogens is 2. The molecular weight excluding hydrogens is 358 g/mol. The van der Waals surface area contributed by atoms with Crippen molar-refractivity contribution in [1.29, 1.82) is 0 Å². The van der Waals surface area contributed by atoms with E-state index in [0.29, 0.717) is 18.8 Å². The van der Waals surface area contributed by atoms with Crippen LogP contribution in [0.25, 0.3) is 0 Å². The van der Waals surface area contributed by atoms with Crippen molar-refractivity contribution in [3.05, 3.63) is 12.2 Å². The minimum absolute atomic E-state index is 0.116. The van der Waals surface area contributed by atoms with Crippen LogP contribution < -0.4 is 0 Å². The number of carbonyl (C=O) groups excluding carboxylic acids is 2. The minimum Gasteiger partial charge on any atom is -0.459 e. The number of hydrogen-bond donors (Lipinski definition) is 0. The monoisotopic (exact) mass is 386 g/mol. The van der Waals surface area contributed by atoms with Crippen LogP contribution in [0.2, 0.25) is 0 Å². The quantitative estimate of drug-likeness (QED) is 0.360. The molecule has 0 spiro atoms. The summed E-state index contributed by atoms with van der Waals surface area (Å²) in [5, 5.41) is 0. The van der Waals surface area contributed by atoms with Crippen molar-refractivity contribution in [3.63, 3.8) is 0 Å². The summed E-state index contributed by atoms with van der Waals surface area (Å²) < 4.78 is 41.1. The van der Waals surface area contributed by atoms with Crippen LogP contribution in [-0.2, 0) is 23.8 Å². The second-order valence-corrected chi connectivity index (χ2v) is 8.52. The highest BCUT2D eigenvalue weighted by Gasteiger charge is 2.49. The van der Waals surface area contributed by atoms with Crippen LogP contribution in [0.3, 0.4) is 0 Å². The number of esters is 2. The average Bonchev–Trinajstić information content (AvgIpc) is 2.55. The zero-order valence-electron chi connectivity index (χ0n) is 15.9. The molecule has 4 bridgehead atoms. The maximum atomic E-state index is 12.7. The van der Waals surface area contributed by atoms with Gasteiger partial charge in [0.15, 0.2) is 6.61 Å². The molecule has 4 saturated carbocycles. The minimum atomic E-state index is -3.11. The van der Waals surface area contributed by atoms with Crippen LogP contribution >= 0.6 is 0 Å². The number of ether oxygens (including phenoxy) is 3. The summed E-state index contributed by atoms with van der Waals surface area (Å²) in [4.78, 5) is 23.6. The number of alkyl halides is 2. The van der Waals surface area contributed by atoms with Crippen LogP contribution in [0.15, 0.2) is 12.2 Å². The van der Waals surface area contributed by atoms with Gasteiger partial charge in [-0.3, -0.25) is 4.79 Å². The molecule has 4 fully saturated rings. The molecule has 5 nitrogen and oxygen atoms in total. The van der Waals surface area contributed by atoms with E-state index in [-0.39, 0.29) is 11.7 Å². The lowest BCUT2D eigenvalue weighted by Crippen LogP contribution is -2.50. The van der Waals surface area contributed by atoms with Crippen LogP contribution in [0.5, 0.6) is 0 Å². The molecule has 27 heavy (non-hydrogen) atoms. The fraction of sp³-hybridized carbons (Fsp3) is 0.800. The molecule has 0 N–H and O–H groups in total. The molecule has 1 atom stereocenters. The zero-order chi connectivity index (χ0) is 19.8. The Hall–Kier alpha value is -1.50. The molecule has 4 aliphatic rings. The molecule has 0 aromatic heterocycles. The zero-order valence-corrected chi connectivity index (χ0v) is 15.9. The van der Waals surface area contributed by atoms with E-state index < -0.39 is 37.2 Å². The van der Waals surface area contributed by atoms with Crippen molar-refractivity contribution in [2.24, 2.45) is 23.7 Å². The molecule has 152 valence electrons. The molecule has 4 aliphatic carbocycles. The van der Waals surface area contributed by atoms with Gasteiger partial charge in [-0.2, -0.15) is 0 Å². The van der Waals surface area contributed by atoms with Gasteiger partial charge in [-0.05, 0) is 62.7 Å². The lowest BCUT2D eigenvalue weighted by atomic mass is 9.55. The Kier molecular flexibility index (Phi) is 5.89. The Morgan fingerprint density at radius 1 is 1.11 bits per heavy atom. The SMILES string of the molecule is C=C(CC(=O)OCC(C)(F)F)C(=O)OC(C)OC1C2CC3CC(C2)CC1C3. The lowest BCUT2D eigenvalue weighted by molar-refractivity contribution is -0.217. The van der Waals surface area contributed by atoms with E-state index in [0.717, 1.165) is 11.8 Å². The third-order valence-electron chi connectivity index (χ3n) is 5.90. The van der Waals surface area contributed by atoms with Crippen molar-refractivity contribution in [2.45, 2.75) is 70.7 Å². The van der Waals surface area contributed by atoms with Crippen LogP contribution in [-0.4, -0.2) is 36.9 Å². The average molecular weight is 386 g/mol. The van der Waals surface area contributed by atoms with Gasteiger partial charge >= 0.3 is 11.9 Å². The second-order valence-electron chi connectivity index (χ2n) is 8.52. The Morgan fingerprint density at radius 2 is 1.67 bits per heavy atom. The van der Waals surface area contributed by atoms with Gasteiger partial charge in [0.05, 0.1) is 12.5 Å². The number of hydrogen-bond acceptors (Lipinski definition) is 5. The summed E-state index contributed by atoms with van der Waals surface area (Å²) in [6.45, 7) is 4.77. The first-order chi connectivity index (χ1) is 12.6. The highest BCUT2D eigenvalue weighted by atomic mass is 19.3. The van der Waals surface area contributed by atoms with E-state index in [1.54, 1.807) is 6.92 Å². The predicted molar refractivity (Wildman–Crippen MR) is 92.8 cm³/mol. The highest BCUT2D eigenvalue weighted by molar-refractivity contribution is 5.93. The topological polar surface area (TPSA) is 61.8 Å². The first-order valence-electron chi connectivity index (χ1n) is 9.68. The summed E-state index contributed by atoms with van der Waals surface area (Å²) in [5.41, 5.74) is -0.139. The maximum Gasteiger partial charge on any atom is 0.336 e. The third-order valence-corrected chi connectivity index (χ3v) is 5.90. The Labute approximate surface area is 158 Å². The van der Waals surface area contributed by atoms with Crippen molar-refractivity contribution in [1.82, 2.24) is 0 Å². The molecule has 0 aromatic carbocycles. The van der Waals surface area contributed by atoms with Crippen LogP contribution in [0.4, 0.5) is 8.78 Å². The molecule has 0 aliphatic heterocycles. The fourth-order valence-electron chi connectivity index (χ4n) is 5.09. The molecule has 1 unspecified atom stereocenters. The van der Waals surface area contributed by atoms with Crippen molar-refractivity contribution in [2.75, 3.05) is 6.61 Å². The Morgan fingerprint density at radius 3 is 2.19 bits per heavy atom. The van der Waals surface area contributed by atoms with Gasteiger partial charge in [0.1, 0.15) is 0 Å². The second kappa shape index (κ2) is 7.86. The Bertz CT molecular complexity index is 570. The maximum absolute atomic E-state index is 12.7. The van der Waals surface area contributed by atoms with Gasteiger partial charge in [-0.15, -0.1) is 0 Å². The molecule has 0 amide bonds. The van der Waals surface area contributed by atoms with E-state index in [2.05, 4.69) is 11.3 Å². The van der Waals surface area contributed by atoms with Gasteiger partial charge in [-0.25, -0.2) is 13.6 Å². The van der Waals surface area contributed by atoms with Gasteiger partial charge in [0.25, 0.3) is 5.92 Å². The van der Waals surface area contributed by atoms with Gasteiger partial charge in [0.2, 0.25) is 6.29 Å². The van der Waals surface area contributed by atoms with Crippen LogP contribution in [0.1, 0.15) is 52.4 Å². The summed E-state index contributed by atoms with van der Waals surface area (Å²) in [6, 6.07) is 0. The molecule has 0 heterocycles. The van der Waals surface area contributed by atoms with E-state index in [4.69, 9.17) is 9.47 Å². The predicted octanol–water partition coefficient (Wildman–Crippen LogP) is 3.86. The summed E-state index contributed by atoms with van der Waals surface area (Å²) in [7, 11) is 0. The summed E-state index contributed by atoms with van der Waals surface area (Å²) in [5.74, 6) is -2.09. The van der Waals surface area contributed by atoms with Crippen molar-refractivity contribution >= 4 is 11.9 Å².